The molecule has 2 aliphatic carbocycles. The molecule has 3 heteroatoms. The normalized spacial score (nSPS) is 18.9. The zero-order chi connectivity index (χ0) is 25.1. The molecule has 4 rings (SSSR count). The van der Waals surface area contributed by atoms with Gasteiger partial charge in [-0.25, -0.2) is 0 Å². The smallest absolute Gasteiger partial charge is 0.0785 e. The molecule has 1 saturated carbocycles. The van der Waals surface area contributed by atoms with Crippen LogP contribution in [0.25, 0.3) is 11.1 Å². The van der Waals surface area contributed by atoms with E-state index in [1.165, 1.54) is 73.0 Å². The van der Waals surface area contributed by atoms with Crippen molar-refractivity contribution in [1.29, 1.82) is 0 Å². The van der Waals surface area contributed by atoms with E-state index in [9.17, 15) is 4.39 Å². The minimum atomic E-state index is 0.384. The third-order valence-corrected chi connectivity index (χ3v) is 7.26. The Kier molecular flexibility index (Phi) is 11.7. The summed E-state index contributed by atoms with van der Waals surface area (Å²) < 4.78 is 9.50. The number of nitrogens with zero attached hydrogens (tertiary/aromatic N) is 1. The maximum Gasteiger partial charge on any atom is 0.0785 e. The van der Waals surface area contributed by atoms with Gasteiger partial charge in [-0.05, 0) is 96.7 Å². The van der Waals surface area contributed by atoms with Gasteiger partial charge >= 0.3 is 0 Å². The highest BCUT2D eigenvalue weighted by molar-refractivity contribution is 5.76. The summed E-state index contributed by atoms with van der Waals surface area (Å²) in [6.45, 7) is 15.5. The van der Waals surface area contributed by atoms with Crippen LogP contribution in [0.1, 0.15) is 83.4 Å². The highest BCUT2D eigenvalue weighted by Gasteiger charge is 2.24. The second-order valence-electron chi connectivity index (χ2n) is 11.0. The lowest BCUT2D eigenvalue weighted by molar-refractivity contribution is 0.159. The Morgan fingerprint density at radius 3 is 2.15 bits per heavy atom. The molecule has 0 bridgehead atoms. The number of rotatable bonds is 7. The molecule has 2 N–H and O–H groups in total. The van der Waals surface area contributed by atoms with Crippen LogP contribution < -0.4 is 5.73 Å². The average molecular weight is 469 g/mol. The van der Waals surface area contributed by atoms with Gasteiger partial charge in [-0.1, -0.05) is 77.1 Å². The molecule has 0 aliphatic heterocycles. The number of hydrogen-bond donors (Lipinski definition) is 1. The number of hydrogen-bond acceptors (Lipinski definition) is 2. The molecule has 0 amide bonds. The number of benzene rings is 2. The van der Waals surface area contributed by atoms with Crippen molar-refractivity contribution in [3.8, 4) is 11.1 Å². The maximum absolute atomic E-state index is 9.50. The van der Waals surface area contributed by atoms with E-state index in [1.807, 2.05) is 13.8 Å². The van der Waals surface area contributed by atoms with Gasteiger partial charge in [0.25, 0.3) is 0 Å². The molecule has 0 unspecified atom stereocenters. The first kappa shape index (κ1) is 28.5. The zero-order valence-electron chi connectivity index (χ0n) is 22.7. The van der Waals surface area contributed by atoms with E-state index >= 15 is 0 Å². The van der Waals surface area contributed by atoms with Crippen LogP contribution in [0.5, 0.6) is 0 Å². The van der Waals surface area contributed by atoms with E-state index in [-0.39, 0.29) is 0 Å². The zero-order valence-corrected chi connectivity index (χ0v) is 22.7. The molecule has 2 aliphatic rings. The summed E-state index contributed by atoms with van der Waals surface area (Å²) in [6, 6.07) is 16.1. The molecule has 0 radical (unpaired) electrons. The summed E-state index contributed by atoms with van der Waals surface area (Å²) in [7, 11) is 0.500. The van der Waals surface area contributed by atoms with Crippen LogP contribution in [-0.4, -0.2) is 31.7 Å². The third-order valence-electron chi connectivity index (χ3n) is 7.26. The van der Waals surface area contributed by atoms with Crippen LogP contribution >= 0.6 is 0 Å². The van der Waals surface area contributed by atoms with Crippen LogP contribution in [0, 0.1) is 17.3 Å². The van der Waals surface area contributed by atoms with Gasteiger partial charge in [0.1, 0.15) is 0 Å². The molecule has 0 saturated heterocycles. The van der Waals surface area contributed by atoms with Crippen LogP contribution in [0.4, 0.5) is 4.39 Å². The van der Waals surface area contributed by atoms with Crippen molar-refractivity contribution >= 4 is 0 Å². The van der Waals surface area contributed by atoms with Crippen molar-refractivity contribution in [3.05, 3.63) is 59.2 Å². The van der Waals surface area contributed by atoms with Crippen molar-refractivity contribution in [3.63, 3.8) is 0 Å². The van der Waals surface area contributed by atoms with E-state index < -0.39 is 0 Å². The number of nitrogens with two attached hydrogens (primary N) is 1. The number of fused-ring (bicyclic) bond motifs is 3. The van der Waals surface area contributed by atoms with Crippen molar-refractivity contribution in [1.82, 2.24) is 4.90 Å². The van der Waals surface area contributed by atoms with Crippen molar-refractivity contribution < 1.29 is 4.39 Å². The molecule has 190 valence electrons. The minimum Gasteiger partial charge on any atom is -0.330 e. The maximum atomic E-state index is 9.50. The largest absolute Gasteiger partial charge is 0.330 e. The van der Waals surface area contributed by atoms with Gasteiger partial charge in [-0.2, -0.15) is 0 Å². The first-order valence-electron chi connectivity index (χ1n) is 13.4. The molecule has 0 spiro atoms. The minimum absolute atomic E-state index is 0.384. The second kappa shape index (κ2) is 14.0. The lowest BCUT2D eigenvalue weighted by Crippen LogP contribution is -2.34. The monoisotopic (exact) mass is 468 g/mol. The molecule has 2 nitrogen and oxygen atoms in total. The molecular formula is C31H49FN2. The fraction of sp³-hybridized carbons (Fsp3) is 0.613. The first-order valence-corrected chi connectivity index (χ1v) is 13.4. The molecule has 2 aromatic rings. The van der Waals surface area contributed by atoms with Gasteiger partial charge in [0, 0.05) is 13.1 Å². The van der Waals surface area contributed by atoms with E-state index in [2.05, 4.69) is 68.1 Å². The summed E-state index contributed by atoms with van der Waals surface area (Å²) in [5, 5.41) is 0. The van der Waals surface area contributed by atoms with Gasteiger partial charge in [0.15, 0.2) is 0 Å². The highest BCUT2D eigenvalue weighted by Crippen LogP contribution is 2.37. The van der Waals surface area contributed by atoms with Gasteiger partial charge in [0.05, 0.1) is 7.18 Å². The average Bonchev–Trinajstić information content (AvgIpc) is 3.23. The van der Waals surface area contributed by atoms with E-state index in [1.54, 1.807) is 0 Å². The van der Waals surface area contributed by atoms with E-state index in [4.69, 9.17) is 5.73 Å². The van der Waals surface area contributed by atoms with Gasteiger partial charge in [-0.3, -0.25) is 9.29 Å². The third kappa shape index (κ3) is 8.20. The summed E-state index contributed by atoms with van der Waals surface area (Å²) in [6.07, 6.45) is 7.70. The first-order chi connectivity index (χ1) is 16.4. The number of halogens is 1. The van der Waals surface area contributed by atoms with Crippen LogP contribution in [-0.2, 0) is 13.0 Å². The Balaban J connectivity index is 0.000000970. The van der Waals surface area contributed by atoms with E-state index in [0.717, 1.165) is 31.3 Å². The number of alkyl halides is 1. The fourth-order valence-corrected chi connectivity index (χ4v) is 5.30. The Morgan fingerprint density at radius 1 is 0.882 bits per heavy atom. The Bertz CT molecular complexity index is 847. The predicted molar refractivity (Wildman–Crippen MR) is 147 cm³/mol. The van der Waals surface area contributed by atoms with Crippen molar-refractivity contribution in [2.24, 2.45) is 23.0 Å². The van der Waals surface area contributed by atoms with Gasteiger partial charge < -0.3 is 5.73 Å². The van der Waals surface area contributed by atoms with Crippen LogP contribution in [0.3, 0.4) is 0 Å². The fourth-order valence-electron chi connectivity index (χ4n) is 5.30. The van der Waals surface area contributed by atoms with Gasteiger partial charge in [0.2, 0.25) is 0 Å². The summed E-state index contributed by atoms with van der Waals surface area (Å²) in [4.78, 5) is 2.74. The molecule has 0 heterocycles. The summed E-state index contributed by atoms with van der Waals surface area (Å²) in [5.41, 5.74) is 13.6. The SMILES string of the molecule is CC.CC(C)(C)CCN(Cc1ccc2c(c1)Cc1ccccc1-2)CC1CCC(CN)CC1.CF. The topological polar surface area (TPSA) is 29.3 Å². The second-order valence-corrected chi connectivity index (χ2v) is 11.0. The van der Waals surface area contributed by atoms with Crippen molar-refractivity contribution in [2.45, 2.75) is 79.7 Å². The molecule has 2 aromatic carbocycles. The Hall–Kier alpha value is -1.71. The molecule has 0 aromatic heterocycles. The van der Waals surface area contributed by atoms with E-state index in [0.29, 0.717) is 12.6 Å². The van der Waals surface area contributed by atoms with Crippen molar-refractivity contribution in [2.75, 3.05) is 26.8 Å². The Labute approximate surface area is 209 Å². The standard InChI is InChI=1S/C28H40N2.C2H6.CH3F/c1-28(2,3)14-15-30(19-22-10-8-21(18-29)9-11-22)20-23-12-13-27-25(16-23)17-24-6-4-5-7-26(24)27;2*1-2/h4-7,12-13,16,21-22H,8-11,14-15,17-20,29H2,1-3H3;1-2H3;1H3. The summed E-state index contributed by atoms with van der Waals surface area (Å²) >= 11 is 0. The highest BCUT2D eigenvalue weighted by atomic mass is 19.1. The molecular weight excluding hydrogens is 419 g/mol. The van der Waals surface area contributed by atoms with Crippen LogP contribution in [0.15, 0.2) is 42.5 Å². The molecule has 0 atom stereocenters. The lowest BCUT2D eigenvalue weighted by atomic mass is 9.81. The summed E-state index contributed by atoms with van der Waals surface area (Å²) in [5.74, 6) is 1.61. The molecule has 1 fully saturated rings. The van der Waals surface area contributed by atoms with Gasteiger partial charge in [-0.15, -0.1) is 0 Å². The molecule has 34 heavy (non-hydrogen) atoms. The predicted octanol–water partition coefficient (Wildman–Crippen LogP) is 7.87. The lowest BCUT2D eigenvalue weighted by Gasteiger charge is -2.34. The quantitative estimate of drug-likeness (QED) is 0.382. The van der Waals surface area contributed by atoms with Crippen LogP contribution in [0.2, 0.25) is 0 Å². The Morgan fingerprint density at radius 2 is 1.50 bits per heavy atom.